The Bertz CT molecular complexity index is 714. The fourth-order valence-corrected chi connectivity index (χ4v) is 2.37. The summed E-state index contributed by atoms with van der Waals surface area (Å²) in [5, 5.41) is 13.3. The number of benzene rings is 1. The zero-order valence-electron chi connectivity index (χ0n) is 11.6. The minimum atomic E-state index is -0.277. The van der Waals surface area contributed by atoms with Gasteiger partial charge in [-0.15, -0.1) is 0 Å². The van der Waals surface area contributed by atoms with Gasteiger partial charge in [0.05, 0.1) is 23.8 Å². The van der Waals surface area contributed by atoms with E-state index in [1.165, 1.54) is 12.1 Å². The van der Waals surface area contributed by atoms with Gasteiger partial charge < -0.3 is 16.4 Å². The second-order valence-electron chi connectivity index (χ2n) is 4.94. The van der Waals surface area contributed by atoms with Crippen molar-refractivity contribution in [2.45, 2.75) is 13.1 Å². The number of aromatic nitrogens is 2. The van der Waals surface area contributed by atoms with Gasteiger partial charge in [-0.05, 0) is 31.2 Å². The topological polar surface area (TPSA) is 78.8 Å². The van der Waals surface area contributed by atoms with E-state index in [4.69, 9.17) is 5.73 Å². The van der Waals surface area contributed by atoms with E-state index in [1.807, 2.05) is 6.92 Å². The molecule has 1 aromatic heterocycles. The number of nitrogens with two attached hydrogens (primary N) is 1. The monoisotopic (exact) mass is 285 g/mol. The molecule has 5 nitrogen and oxygen atoms in total. The molecule has 1 aromatic carbocycles. The Kier molecular flexibility index (Phi) is 3.13. The van der Waals surface area contributed by atoms with Crippen LogP contribution in [0.3, 0.4) is 0 Å². The molecule has 1 unspecified atom stereocenters. The van der Waals surface area contributed by atoms with Gasteiger partial charge in [0, 0.05) is 16.7 Å². The Morgan fingerprint density at radius 1 is 1.29 bits per heavy atom. The van der Waals surface area contributed by atoms with E-state index in [0.29, 0.717) is 5.82 Å². The van der Waals surface area contributed by atoms with E-state index >= 15 is 0 Å². The van der Waals surface area contributed by atoms with E-state index in [0.717, 1.165) is 28.1 Å². The molecule has 0 radical (unpaired) electrons. The molecular weight excluding hydrogens is 269 g/mol. The van der Waals surface area contributed by atoms with Crippen LogP contribution in [0.2, 0.25) is 0 Å². The number of nitrogens with one attached hydrogen (secondary N) is 3. The van der Waals surface area contributed by atoms with E-state index < -0.39 is 0 Å². The lowest BCUT2D eigenvalue weighted by Crippen LogP contribution is -2.30. The molecule has 0 saturated carbocycles. The Labute approximate surface area is 121 Å². The van der Waals surface area contributed by atoms with Crippen LogP contribution in [0, 0.1) is 5.82 Å². The molecule has 0 aliphatic carbocycles. The molecule has 108 valence electrons. The van der Waals surface area contributed by atoms with Gasteiger partial charge in [0.15, 0.2) is 0 Å². The van der Waals surface area contributed by atoms with Crippen molar-refractivity contribution >= 4 is 5.57 Å². The lowest BCUT2D eigenvalue weighted by atomic mass is 10.0. The van der Waals surface area contributed by atoms with Crippen LogP contribution >= 0.6 is 0 Å². The molecule has 3 rings (SSSR count). The van der Waals surface area contributed by atoms with E-state index in [9.17, 15) is 4.39 Å². The molecule has 0 spiro atoms. The van der Waals surface area contributed by atoms with Gasteiger partial charge in [-0.3, -0.25) is 5.10 Å². The van der Waals surface area contributed by atoms with Crippen molar-refractivity contribution < 1.29 is 4.39 Å². The summed E-state index contributed by atoms with van der Waals surface area (Å²) < 4.78 is 13.0. The normalized spacial score (nSPS) is 17.5. The molecule has 0 bridgehead atoms. The third-order valence-corrected chi connectivity index (χ3v) is 3.40. The molecule has 0 fully saturated rings. The summed E-state index contributed by atoms with van der Waals surface area (Å²) in [6, 6.07) is 6.21. The average molecular weight is 285 g/mol. The number of hydrogen-bond acceptors (Lipinski definition) is 4. The maximum absolute atomic E-state index is 13.0. The molecule has 1 aliphatic heterocycles. The van der Waals surface area contributed by atoms with Gasteiger partial charge in [-0.2, -0.15) is 5.10 Å². The Balaban J connectivity index is 1.98. The minimum absolute atomic E-state index is 0.0536. The molecule has 2 aromatic rings. The van der Waals surface area contributed by atoms with Crippen LogP contribution in [0.1, 0.15) is 12.5 Å². The second kappa shape index (κ2) is 4.97. The maximum atomic E-state index is 13.0. The van der Waals surface area contributed by atoms with Crippen LogP contribution < -0.4 is 16.4 Å². The lowest BCUT2D eigenvalue weighted by Gasteiger charge is -2.10. The van der Waals surface area contributed by atoms with Crippen molar-refractivity contribution in [3.05, 3.63) is 59.9 Å². The van der Waals surface area contributed by atoms with Gasteiger partial charge in [-0.25, -0.2) is 4.39 Å². The summed E-state index contributed by atoms with van der Waals surface area (Å²) in [6.45, 7) is 6.05. The van der Waals surface area contributed by atoms with Gasteiger partial charge in [0.2, 0.25) is 0 Å². The fraction of sp³-hybridized carbons (Fsp3) is 0.133. The highest BCUT2D eigenvalue weighted by Crippen LogP contribution is 2.30. The first-order valence-corrected chi connectivity index (χ1v) is 6.58. The Morgan fingerprint density at radius 3 is 2.62 bits per heavy atom. The molecule has 0 saturated heterocycles. The number of halogens is 1. The van der Waals surface area contributed by atoms with Crippen molar-refractivity contribution in [2.24, 2.45) is 5.73 Å². The van der Waals surface area contributed by atoms with Gasteiger partial charge in [0.25, 0.3) is 0 Å². The van der Waals surface area contributed by atoms with Crippen LogP contribution in [-0.2, 0) is 0 Å². The lowest BCUT2D eigenvalue weighted by molar-refractivity contribution is 0.605. The SMILES string of the molecule is C=C(C1=C(N)NC(C)N1)c1cn[nH]c1-c1ccc(F)cc1. The van der Waals surface area contributed by atoms with Crippen molar-refractivity contribution in [3.63, 3.8) is 0 Å². The number of allylic oxidation sites excluding steroid dienone is 1. The first-order chi connectivity index (χ1) is 10.1. The van der Waals surface area contributed by atoms with Crippen LogP contribution in [-0.4, -0.2) is 16.4 Å². The quantitative estimate of drug-likeness (QED) is 0.694. The predicted molar refractivity (Wildman–Crippen MR) is 80.0 cm³/mol. The molecule has 1 aliphatic rings. The molecular formula is C15H16FN5. The molecule has 2 heterocycles. The van der Waals surface area contributed by atoms with Gasteiger partial charge in [-0.1, -0.05) is 6.58 Å². The molecule has 6 heteroatoms. The smallest absolute Gasteiger partial charge is 0.123 e. The third-order valence-electron chi connectivity index (χ3n) is 3.40. The van der Waals surface area contributed by atoms with Crippen molar-refractivity contribution in [2.75, 3.05) is 0 Å². The fourth-order valence-electron chi connectivity index (χ4n) is 2.37. The summed E-state index contributed by atoms with van der Waals surface area (Å²) in [5.41, 5.74) is 9.88. The number of aromatic amines is 1. The zero-order valence-corrected chi connectivity index (χ0v) is 11.6. The average Bonchev–Trinajstić information content (AvgIpc) is 3.05. The number of rotatable bonds is 3. The van der Waals surface area contributed by atoms with Gasteiger partial charge in [0.1, 0.15) is 11.6 Å². The Morgan fingerprint density at radius 2 is 2.00 bits per heavy atom. The standard InChI is InChI=1S/C15H16FN5/c1-8(13-15(17)20-9(2)19-13)12-7-18-21-14(12)10-3-5-11(16)6-4-10/h3-7,9,19-20H,1,17H2,2H3,(H,18,21). The largest absolute Gasteiger partial charge is 0.384 e. The van der Waals surface area contributed by atoms with Crippen molar-refractivity contribution in [1.82, 2.24) is 20.8 Å². The van der Waals surface area contributed by atoms with Crippen LogP contribution in [0.5, 0.6) is 0 Å². The van der Waals surface area contributed by atoms with E-state index in [2.05, 4.69) is 27.4 Å². The summed E-state index contributed by atoms with van der Waals surface area (Å²) in [6.07, 6.45) is 1.74. The maximum Gasteiger partial charge on any atom is 0.123 e. The van der Waals surface area contributed by atoms with E-state index in [-0.39, 0.29) is 12.0 Å². The first-order valence-electron chi connectivity index (χ1n) is 6.58. The number of H-pyrrole nitrogens is 1. The highest BCUT2D eigenvalue weighted by Gasteiger charge is 2.22. The highest BCUT2D eigenvalue weighted by molar-refractivity contribution is 5.85. The minimum Gasteiger partial charge on any atom is -0.384 e. The van der Waals surface area contributed by atoms with Crippen LogP contribution in [0.25, 0.3) is 16.8 Å². The molecule has 21 heavy (non-hydrogen) atoms. The summed E-state index contributed by atoms with van der Waals surface area (Å²) in [5.74, 6) is 0.278. The zero-order chi connectivity index (χ0) is 15.0. The van der Waals surface area contributed by atoms with Gasteiger partial charge >= 0.3 is 0 Å². The predicted octanol–water partition coefficient (Wildman–Crippen LogP) is 1.90. The number of nitrogens with zero attached hydrogens (tertiary/aromatic N) is 1. The van der Waals surface area contributed by atoms with E-state index in [1.54, 1.807) is 18.3 Å². The Hall–Kier alpha value is -2.76. The highest BCUT2D eigenvalue weighted by atomic mass is 19.1. The summed E-state index contributed by atoms with van der Waals surface area (Å²) in [7, 11) is 0. The van der Waals surface area contributed by atoms with Crippen LogP contribution in [0.15, 0.2) is 48.6 Å². The van der Waals surface area contributed by atoms with Crippen molar-refractivity contribution in [3.8, 4) is 11.3 Å². The summed E-state index contributed by atoms with van der Waals surface area (Å²) >= 11 is 0. The van der Waals surface area contributed by atoms with Crippen LogP contribution in [0.4, 0.5) is 4.39 Å². The molecule has 0 amide bonds. The second-order valence-corrected chi connectivity index (χ2v) is 4.94. The molecule has 1 atom stereocenters. The number of hydrogen-bond donors (Lipinski definition) is 4. The van der Waals surface area contributed by atoms with Crippen molar-refractivity contribution in [1.29, 1.82) is 0 Å². The first kappa shape index (κ1) is 13.2. The third kappa shape index (κ3) is 2.35. The summed E-state index contributed by atoms with van der Waals surface area (Å²) in [4.78, 5) is 0. The molecule has 5 N–H and O–H groups in total.